The molecule has 2 aromatic carbocycles. The Balaban J connectivity index is 1.67. The third-order valence-electron chi connectivity index (χ3n) is 3.46. The zero-order chi connectivity index (χ0) is 14.7. The number of benzene rings is 2. The molecule has 0 unspecified atom stereocenters. The van der Waals surface area contributed by atoms with Crippen LogP contribution in [0.25, 0.3) is 0 Å². The van der Waals surface area contributed by atoms with Crippen molar-refractivity contribution in [3.63, 3.8) is 0 Å². The predicted molar refractivity (Wildman–Crippen MR) is 84.8 cm³/mol. The van der Waals surface area contributed by atoms with E-state index in [1.54, 1.807) is 0 Å². The summed E-state index contributed by atoms with van der Waals surface area (Å²) in [4.78, 5) is 0. The minimum atomic E-state index is -0.107. The van der Waals surface area contributed by atoms with Gasteiger partial charge in [0.1, 0.15) is 11.5 Å². The Morgan fingerprint density at radius 1 is 1.10 bits per heavy atom. The summed E-state index contributed by atoms with van der Waals surface area (Å²) in [7, 11) is 0. The second kappa shape index (κ2) is 6.60. The number of rotatable bonds is 4. The Kier molecular flexibility index (Phi) is 4.58. The first-order valence-corrected chi connectivity index (χ1v) is 7.77. The van der Waals surface area contributed by atoms with Crippen LogP contribution in [0.2, 0.25) is 0 Å². The standard InChI is InChI=1S/C17H17BrO3/c1-12-15(18)3-2-4-16(12)21-14-7-5-13(6-8-14)11-17-19-9-10-20-17/h2-8,17H,9-11H2,1H3. The summed E-state index contributed by atoms with van der Waals surface area (Å²) in [6, 6.07) is 14.0. The van der Waals surface area contributed by atoms with Gasteiger partial charge in [-0.25, -0.2) is 0 Å². The van der Waals surface area contributed by atoms with Gasteiger partial charge in [-0.15, -0.1) is 0 Å². The maximum atomic E-state index is 5.92. The SMILES string of the molecule is Cc1c(Br)cccc1Oc1ccc(CC2OCCO2)cc1. The first-order valence-electron chi connectivity index (χ1n) is 6.97. The van der Waals surface area contributed by atoms with Crippen molar-refractivity contribution in [2.45, 2.75) is 19.6 Å². The van der Waals surface area contributed by atoms with Gasteiger partial charge in [0, 0.05) is 16.5 Å². The molecule has 110 valence electrons. The van der Waals surface area contributed by atoms with E-state index in [-0.39, 0.29) is 6.29 Å². The second-order valence-electron chi connectivity index (χ2n) is 4.98. The summed E-state index contributed by atoms with van der Waals surface area (Å²) >= 11 is 3.51. The Morgan fingerprint density at radius 2 is 1.81 bits per heavy atom. The van der Waals surface area contributed by atoms with Crippen LogP contribution in [0.1, 0.15) is 11.1 Å². The average molecular weight is 349 g/mol. The fourth-order valence-electron chi connectivity index (χ4n) is 2.24. The van der Waals surface area contributed by atoms with Gasteiger partial charge in [0.05, 0.1) is 13.2 Å². The van der Waals surface area contributed by atoms with Crippen molar-refractivity contribution in [2.24, 2.45) is 0 Å². The van der Waals surface area contributed by atoms with E-state index in [4.69, 9.17) is 14.2 Å². The molecule has 1 aliphatic heterocycles. The minimum absolute atomic E-state index is 0.107. The van der Waals surface area contributed by atoms with Crippen molar-refractivity contribution in [3.8, 4) is 11.5 Å². The number of halogens is 1. The highest BCUT2D eigenvalue weighted by Gasteiger charge is 2.16. The summed E-state index contributed by atoms with van der Waals surface area (Å²) in [6.07, 6.45) is 0.667. The van der Waals surface area contributed by atoms with Gasteiger partial charge in [0.25, 0.3) is 0 Å². The van der Waals surface area contributed by atoms with Crippen molar-refractivity contribution < 1.29 is 14.2 Å². The lowest BCUT2D eigenvalue weighted by Gasteiger charge is -2.11. The van der Waals surface area contributed by atoms with E-state index in [1.165, 1.54) is 5.56 Å². The molecule has 0 saturated carbocycles. The maximum Gasteiger partial charge on any atom is 0.161 e. The summed E-state index contributed by atoms with van der Waals surface area (Å²) < 4.78 is 17.9. The molecule has 1 heterocycles. The van der Waals surface area contributed by atoms with Gasteiger partial charge in [-0.1, -0.05) is 34.1 Å². The van der Waals surface area contributed by atoms with Gasteiger partial charge in [-0.3, -0.25) is 0 Å². The van der Waals surface area contributed by atoms with Crippen molar-refractivity contribution in [2.75, 3.05) is 13.2 Å². The first-order chi connectivity index (χ1) is 10.2. The number of hydrogen-bond acceptors (Lipinski definition) is 3. The van der Waals surface area contributed by atoms with Gasteiger partial charge >= 0.3 is 0 Å². The molecule has 1 fully saturated rings. The van der Waals surface area contributed by atoms with E-state index in [0.717, 1.165) is 28.0 Å². The van der Waals surface area contributed by atoms with Gasteiger partial charge in [-0.05, 0) is 36.8 Å². The summed E-state index contributed by atoms with van der Waals surface area (Å²) in [5, 5.41) is 0. The molecule has 0 N–H and O–H groups in total. The van der Waals surface area contributed by atoms with E-state index >= 15 is 0 Å². The molecule has 0 atom stereocenters. The molecule has 0 bridgehead atoms. The van der Waals surface area contributed by atoms with Gasteiger partial charge in [0.15, 0.2) is 6.29 Å². The fraction of sp³-hybridized carbons (Fsp3) is 0.294. The third kappa shape index (κ3) is 3.64. The van der Waals surface area contributed by atoms with Gasteiger partial charge in [-0.2, -0.15) is 0 Å². The van der Waals surface area contributed by atoms with Crippen LogP contribution >= 0.6 is 15.9 Å². The smallest absolute Gasteiger partial charge is 0.161 e. The highest BCUT2D eigenvalue weighted by molar-refractivity contribution is 9.10. The normalized spacial score (nSPS) is 15.3. The van der Waals surface area contributed by atoms with E-state index in [9.17, 15) is 0 Å². The fourth-order valence-corrected chi connectivity index (χ4v) is 2.58. The van der Waals surface area contributed by atoms with Crippen LogP contribution < -0.4 is 4.74 Å². The zero-order valence-corrected chi connectivity index (χ0v) is 13.4. The number of hydrogen-bond donors (Lipinski definition) is 0. The van der Waals surface area contributed by atoms with E-state index in [1.807, 2.05) is 49.4 Å². The first kappa shape index (κ1) is 14.6. The zero-order valence-electron chi connectivity index (χ0n) is 11.8. The van der Waals surface area contributed by atoms with E-state index < -0.39 is 0 Å². The predicted octanol–water partition coefficient (Wildman–Crippen LogP) is 4.47. The van der Waals surface area contributed by atoms with Crippen molar-refractivity contribution in [1.82, 2.24) is 0 Å². The highest BCUT2D eigenvalue weighted by Crippen LogP contribution is 2.30. The molecule has 3 nitrogen and oxygen atoms in total. The number of ether oxygens (including phenoxy) is 3. The summed E-state index contributed by atoms with van der Waals surface area (Å²) in [5.41, 5.74) is 2.27. The van der Waals surface area contributed by atoms with Crippen molar-refractivity contribution in [1.29, 1.82) is 0 Å². The van der Waals surface area contributed by atoms with Crippen LogP contribution in [0.5, 0.6) is 11.5 Å². The van der Waals surface area contributed by atoms with Crippen LogP contribution in [0.4, 0.5) is 0 Å². The topological polar surface area (TPSA) is 27.7 Å². The lowest BCUT2D eigenvalue weighted by molar-refractivity contribution is -0.0400. The largest absolute Gasteiger partial charge is 0.457 e. The summed E-state index contributed by atoms with van der Waals surface area (Å²) in [5.74, 6) is 1.69. The molecule has 1 saturated heterocycles. The average Bonchev–Trinajstić information content (AvgIpc) is 2.99. The highest BCUT2D eigenvalue weighted by atomic mass is 79.9. The molecule has 0 radical (unpaired) electrons. The van der Waals surface area contributed by atoms with Gasteiger partial charge in [0.2, 0.25) is 0 Å². The van der Waals surface area contributed by atoms with Crippen LogP contribution in [0.15, 0.2) is 46.9 Å². The Bertz CT molecular complexity index is 604. The molecule has 0 aromatic heterocycles. The Hall–Kier alpha value is -1.36. The van der Waals surface area contributed by atoms with Crippen LogP contribution in [-0.2, 0) is 15.9 Å². The lowest BCUT2D eigenvalue weighted by atomic mass is 10.1. The molecule has 2 aromatic rings. The Labute approximate surface area is 133 Å². The molecule has 0 amide bonds. The van der Waals surface area contributed by atoms with Crippen LogP contribution in [0.3, 0.4) is 0 Å². The molecular weight excluding hydrogens is 332 g/mol. The maximum absolute atomic E-state index is 5.92. The molecule has 1 aliphatic rings. The molecule has 0 aliphatic carbocycles. The lowest BCUT2D eigenvalue weighted by Crippen LogP contribution is -2.10. The molecule has 21 heavy (non-hydrogen) atoms. The molecular formula is C17H17BrO3. The molecule has 4 heteroatoms. The molecule has 0 spiro atoms. The van der Waals surface area contributed by atoms with Crippen LogP contribution in [0, 0.1) is 6.92 Å². The molecule has 3 rings (SSSR count). The second-order valence-corrected chi connectivity index (χ2v) is 5.84. The Morgan fingerprint density at radius 3 is 2.52 bits per heavy atom. The van der Waals surface area contributed by atoms with E-state index in [2.05, 4.69) is 15.9 Å². The van der Waals surface area contributed by atoms with Crippen LogP contribution in [-0.4, -0.2) is 19.5 Å². The van der Waals surface area contributed by atoms with E-state index in [0.29, 0.717) is 13.2 Å². The van der Waals surface area contributed by atoms with Crippen molar-refractivity contribution in [3.05, 3.63) is 58.1 Å². The third-order valence-corrected chi connectivity index (χ3v) is 4.32. The summed E-state index contributed by atoms with van der Waals surface area (Å²) in [6.45, 7) is 3.41. The van der Waals surface area contributed by atoms with Crippen molar-refractivity contribution >= 4 is 15.9 Å². The minimum Gasteiger partial charge on any atom is -0.457 e. The monoisotopic (exact) mass is 348 g/mol. The van der Waals surface area contributed by atoms with Gasteiger partial charge < -0.3 is 14.2 Å². The quantitative estimate of drug-likeness (QED) is 0.815.